The van der Waals surface area contributed by atoms with Gasteiger partial charge in [-0.2, -0.15) is 0 Å². The summed E-state index contributed by atoms with van der Waals surface area (Å²) in [4.78, 5) is 78.6. The first-order chi connectivity index (χ1) is 35.2. The largest absolute Gasteiger partial charge is 0.508 e. The lowest BCUT2D eigenvalue weighted by molar-refractivity contribution is -0.122. The van der Waals surface area contributed by atoms with E-state index < -0.39 is 11.7 Å². The average Bonchev–Trinajstić information content (AvgIpc) is 3.36. The number of hydrogen-bond donors (Lipinski definition) is 13. The highest BCUT2D eigenvalue weighted by Crippen LogP contribution is 2.20. The van der Waals surface area contributed by atoms with Gasteiger partial charge in [0.15, 0.2) is 0 Å². The number of carbonyl (C=O) groups excluding carboxylic acids is 7. The Kier molecular flexibility index (Phi) is 32.8. The number of phenols is 4. The van der Waals surface area contributed by atoms with Crippen LogP contribution in [0.1, 0.15) is 120 Å². The number of phenolic OH excluding ortho intramolecular Hbond substituents is 4. The second-order valence-electron chi connectivity index (χ2n) is 17.6. The summed E-state index contributed by atoms with van der Waals surface area (Å²) in [6.07, 6.45) is 7.88. The number of ether oxygens (including phenoxy) is 1. The Morgan fingerprint density at radius 1 is 0.432 bits per heavy atom. The second-order valence-corrected chi connectivity index (χ2v) is 17.6. The van der Waals surface area contributed by atoms with Crippen LogP contribution in [-0.4, -0.2) is 80.7 Å². The molecule has 21 nitrogen and oxygen atoms in total. The lowest BCUT2D eigenvalue weighted by Gasteiger charge is -2.19. The Morgan fingerprint density at radius 3 is 1.09 bits per heavy atom. The minimum absolute atomic E-state index is 0.0297. The van der Waals surface area contributed by atoms with Crippen LogP contribution in [0.25, 0.3) is 0 Å². The summed E-state index contributed by atoms with van der Waals surface area (Å²) >= 11 is 0. The van der Waals surface area contributed by atoms with Crippen LogP contribution in [0.15, 0.2) is 97.1 Å². The van der Waals surface area contributed by atoms with Crippen molar-refractivity contribution in [3.63, 3.8) is 0 Å². The van der Waals surface area contributed by atoms with E-state index in [1.807, 2.05) is 35.8 Å². The molecule has 4 rings (SSSR count). The summed E-state index contributed by atoms with van der Waals surface area (Å²) in [6, 6.07) is 27.8. The topological polar surface area (TPSA) is 360 Å². The van der Waals surface area contributed by atoms with Gasteiger partial charge in [-0.15, -0.1) is 0 Å². The molecule has 7 amide bonds. The van der Waals surface area contributed by atoms with Crippen LogP contribution >= 0.6 is 0 Å². The maximum atomic E-state index is 11.8. The van der Waals surface area contributed by atoms with Crippen molar-refractivity contribution in [3.8, 4) is 23.0 Å². The third-order valence-electron chi connectivity index (χ3n) is 10.3. The van der Waals surface area contributed by atoms with Gasteiger partial charge in [0, 0.05) is 51.6 Å². The van der Waals surface area contributed by atoms with Crippen LogP contribution < -0.4 is 49.8 Å². The minimum atomic E-state index is -0.701. The molecular weight excluding hydrogens is 955 g/mol. The van der Waals surface area contributed by atoms with Crippen molar-refractivity contribution in [1.29, 1.82) is 0 Å². The zero-order valence-electron chi connectivity index (χ0n) is 42.8. The van der Waals surface area contributed by atoms with Crippen LogP contribution in [0, 0.1) is 0 Å². The number of nitrogens with two attached hydrogens (primary N) is 3. The molecule has 0 radical (unpaired) electrons. The van der Waals surface area contributed by atoms with Crippen LogP contribution in [0.4, 0.5) is 4.79 Å². The Morgan fingerprint density at radius 2 is 0.757 bits per heavy atom. The first-order valence-electron chi connectivity index (χ1n) is 24.4. The zero-order valence-corrected chi connectivity index (χ0v) is 42.8. The van der Waals surface area contributed by atoms with E-state index >= 15 is 0 Å². The van der Waals surface area contributed by atoms with E-state index in [1.165, 1.54) is 0 Å². The number of hydrazine groups is 3. The summed E-state index contributed by atoms with van der Waals surface area (Å²) in [5, 5.41) is 43.5. The first-order valence-corrected chi connectivity index (χ1v) is 24.4. The number of carbonyl (C=O) groups is 7. The van der Waals surface area contributed by atoms with Crippen LogP contribution in [0.5, 0.6) is 23.0 Å². The molecule has 406 valence electrons. The lowest BCUT2D eigenvalue weighted by atomic mass is 10.1. The highest BCUT2D eigenvalue weighted by molar-refractivity contribution is 5.79. The summed E-state index contributed by atoms with van der Waals surface area (Å²) in [5.41, 5.74) is 16.0. The molecule has 0 aliphatic rings. The van der Waals surface area contributed by atoms with Gasteiger partial charge >= 0.3 is 6.09 Å². The fraction of sp³-hybridized carbons (Fsp3) is 0.415. The highest BCUT2D eigenvalue weighted by atomic mass is 16.6. The molecule has 0 aromatic heterocycles. The van der Waals surface area contributed by atoms with Crippen molar-refractivity contribution in [3.05, 3.63) is 119 Å². The SMILES string of the molecule is CC(C)(C)OC(=O)NNC(=O)CCCCCNC(=O)CCc1ccccc1O.NC(=O)CCc1ccccc1O.NNC(=O)CCCCCNC(=O)CCc1ccccc1O.NNC(=O)CCc1ccccc1O. The Hall–Kier alpha value is -7.91. The number of aryl methyl sites for hydroxylation is 4. The molecule has 0 saturated heterocycles. The normalized spacial score (nSPS) is 10.2. The van der Waals surface area contributed by atoms with E-state index in [9.17, 15) is 54.0 Å². The molecule has 4 aromatic rings. The highest BCUT2D eigenvalue weighted by Gasteiger charge is 2.16. The van der Waals surface area contributed by atoms with E-state index in [-0.39, 0.29) is 77.7 Å². The van der Waals surface area contributed by atoms with Crippen molar-refractivity contribution < 1.29 is 58.7 Å². The molecule has 0 saturated carbocycles. The minimum Gasteiger partial charge on any atom is -0.508 e. The van der Waals surface area contributed by atoms with Crippen molar-refractivity contribution in [2.45, 2.75) is 129 Å². The Bertz CT molecular complexity index is 2330. The van der Waals surface area contributed by atoms with Gasteiger partial charge in [0.1, 0.15) is 28.6 Å². The fourth-order valence-electron chi connectivity index (χ4n) is 6.33. The lowest BCUT2D eigenvalue weighted by Crippen LogP contribution is -2.44. The van der Waals surface area contributed by atoms with Crippen molar-refractivity contribution in [2.75, 3.05) is 13.1 Å². The number of aromatic hydroxyl groups is 4. The molecule has 0 atom stereocenters. The Labute approximate surface area is 433 Å². The molecule has 0 unspecified atom stereocenters. The molecule has 0 aliphatic heterocycles. The summed E-state index contributed by atoms with van der Waals surface area (Å²) in [5.74, 6) is 9.61. The standard InChI is InChI=1S/C20H31N3O5.C15H23N3O3.C9H12N2O2.C9H11NO2/c1-20(2,3)28-19(27)23-22-18(26)11-5-4-8-14-21-17(25)13-12-15-9-6-7-10-16(15)24;16-18-15(21)8-2-1-5-11-17-14(20)10-9-12-6-3-4-7-13(12)19;10-11-9(13)6-5-7-3-1-2-4-8(7)12;10-9(12)6-5-7-3-1-2-4-8(7)11/h6-7,9-10,24H,4-5,8,11-14H2,1-3H3,(H,21,25)(H,22,26)(H,23,27);3-4,6-7,19H,1-2,5,8-11,16H2,(H,17,20)(H,18,21);1-4,12H,5-6,10H2,(H,11,13);1-4,11H,5-6H2,(H2,10,12). The molecule has 0 aliphatic carbocycles. The van der Waals surface area contributed by atoms with Crippen LogP contribution in [0.2, 0.25) is 0 Å². The Balaban J connectivity index is 0.000000522. The van der Waals surface area contributed by atoms with Gasteiger partial charge in [-0.05, 0) is 119 Å². The third kappa shape index (κ3) is 32.9. The van der Waals surface area contributed by atoms with Gasteiger partial charge < -0.3 is 41.5 Å². The smallest absolute Gasteiger partial charge is 0.426 e. The molecule has 4 aromatic carbocycles. The molecule has 74 heavy (non-hydrogen) atoms. The molecule has 21 heteroatoms. The number of amides is 7. The number of unbranched alkanes of at least 4 members (excludes halogenated alkanes) is 4. The average molecular weight is 1030 g/mol. The molecular formula is C53H77N9O12. The predicted octanol–water partition coefficient (Wildman–Crippen LogP) is 4.67. The van der Waals surface area contributed by atoms with E-state index in [1.54, 1.807) is 87.5 Å². The number of hydrogen-bond acceptors (Lipinski definition) is 14. The van der Waals surface area contributed by atoms with E-state index in [0.29, 0.717) is 64.5 Å². The zero-order chi connectivity index (χ0) is 55.2. The maximum Gasteiger partial charge on any atom is 0.426 e. The maximum absolute atomic E-state index is 11.8. The molecule has 16 N–H and O–H groups in total. The van der Waals surface area contributed by atoms with Gasteiger partial charge in [0.2, 0.25) is 35.4 Å². The fourth-order valence-corrected chi connectivity index (χ4v) is 6.33. The second kappa shape index (κ2) is 37.8. The summed E-state index contributed by atoms with van der Waals surface area (Å²) < 4.78 is 5.00. The summed E-state index contributed by atoms with van der Waals surface area (Å²) in [7, 11) is 0. The van der Waals surface area contributed by atoms with Gasteiger partial charge in [0.25, 0.3) is 0 Å². The molecule has 0 bridgehead atoms. The van der Waals surface area contributed by atoms with Gasteiger partial charge in [-0.25, -0.2) is 21.9 Å². The van der Waals surface area contributed by atoms with E-state index in [2.05, 4.69) is 26.9 Å². The summed E-state index contributed by atoms with van der Waals surface area (Å²) in [6.45, 7) is 6.34. The monoisotopic (exact) mass is 1030 g/mol. The first kappa shape index (κ1) is 64.1. The molecule has 0 fully saturated rings. The van der Waals surface area contributed by atoms with Gasteiger partial charge in [-0.1, -0.05) is 85.6 Å². The van der Waals surface area contributed by atoms with Crippen molar-refractivity contribution in [2.24, 2.45) is 17.4 Å². The quantitative estimate of drug-likeness (QED) is 0.0196. The van der Waals surface area contributed by atoms with Gasteiger partial charge in [0.05, 0.1) is 0 Å². The number of benzene rings is 4. The number of primary amides is 1. The molecule has 0 spiro atoms. The number of para-hydroxylation sites is 4. The third-order valence-corrected chi connectivity index (χ3v) is 10.3. The van der Waals surface area contributed by atoms with Crippen LogP contribution in [-0.2, 0) is 59.2 Å². The molecule has 0 heterocycles. The van der Waals surface area contributed by atoms with Crippen LogP contribution in [0.3, 0.4) is 0 Å². The van der Waals surface area contributed by atoms with Gasteiger partial charge in [-0.3, -0.25) is 45.0 Å². The van der Waals surface area contributed by atoms with E-state index in [0.717, 1.165) is 54.4 Å². The van der Waals surface area contributed by atoms with Crippen molar-refractivity contribution >= 4 is 41.5 Å². The number of nitrogens with one attached hydrogen (secondary N) is 6. The predicted molar refractivity (Wildman–Crippen MR) is 280 cm³/mol. The van der Waals surface area contributed by atoms with E-state index in [4.69, 9.17) is 22.2 Å². The van der Waals surface area contributed by atoms with Crippen molar-refractivity contribution in [1.82, 2.24) is 32.3 Å². The number of rotatable bonds is 24.